The molecule has 0 heterocycles. The van der Waals surface area contributed by atoms with Crippen LogP contribution in [0.25, 0.3) is 0 Å². The highest BCUT2D eigenvalue weighted by Crippen LogP contribution is 2.18. The lowest BCUT2D eigenvalue weighted by atomic mass is 10.0. The van der Waals surface area contributed by atoms with E-state index in [1.807, 2.05) is 0 Å². The maximum Gasteiger partial charge on any atom is 0.0453 e. The number of rotatable bonds is 19. The average molecular weight is 373 g/mol. The van der Waals surface area contributed by atoms with E-state index in [1.54, 1.807) is 0 Å². The number of carboxylic acids is 2. The van der Waals surface area contributed by atoms with Gasteiger partial charge in [0.25, 0.3) is 0 Å². The number of carbonyl (C=O) groups excluding carboxylic acids is 2. The molecule has 0 saturated carbocycles. The summed E-state index contributed by atoms with van der Waals surface area (Å²) in [6, 6.07) is 0. The molecule has 1 atom stereocenters. The summed E-state index contributed by atoms with van der Waals surface area (Å²) in [7, 11) is 0. The summed E-state index contributed by atoms with van der Waals surface area (Å²) in [5, 5.41) is 21.4. The fourth-order valence-electron chi connectivity index (χ4n) is 2.88. The first kappa shape index (κ1) is 24.3. The second-order valence-electron chi connectivity index (χ2n) is 6.89. The van der Waals surface area contributed by atoms with Gasteiger partial charge in [0, 0.05) is 23.6 Å². The van der Waals surface area contributed by atoms with Gasteiger partial charge in [-0.1, -0.05) is 84.0 Å². The summed E-state index contributed by atoms with van der Waals surface area (Å²) in [5.74, 6) is -1.71. The Morgan fingerprint density at radius 2 is 1.28 bits per heavy atom. The molecule has 0 bridgehead atoms. The van der Waals surface area contributed by atoms with Gasteiger partial charge in [-0.05, 0) is 18.6 Å². The molecule has 0 fully saturated rings. The number of hydrogen-bond acceptors (Lipinski definition) is 5. The quantitative estimate of drug-likeness (QED) is 0.325. The van der Waals surface area contributed by atoms with Crippen molar-refractivity contribution in [2.45, 2.75) is 96.8 Å². The molecule has 0 aromatic heterocycles. The second-order valence-corrected chi connectivity index (χ2v) is 8.04. The molecule has 0 amide bonds. The van der Waals surface area contributed by atoms with Crippen LogP contribution >= 0.6 is 11.8 Å². The largest absolute Gasteiger partial charge is 0.550 e. The van der Waals surface area contributed by atoms with Crippen LogP contribution in [0.4, 0.5) is 0 Å². The lowest BCUT2D eigenvalue weighted by Crippen LogP contribution is -2.33. The first-order valence-electron chi connectivity index (χ1n) is 10.1. The van der Waals surface area contributed by atoms with E-state index in [-0.39, 0.29) is 6.42 Å². The van der Waals surface area contributed by atoms with E-state index < -0.39 is 17.9 Å². The molecule has 0 spiro atoms. The minimum Gasteiger partial charge on any atom is -0.550 e. The van der Waals surface area contributed by atoms with Crippen LogP contribution in [0, 0.1) is 5.92 Å². The van der Waals surface area contributed by atoms with Gasteiger partial charge in [0.2, 0.25) is 0 Å². The number of aliphatic carboxylic acids is 2. The molecule has 4 nitrogen and oxygen atoms in total. The highest BCUT2D eigenvalue weighted by molar-refractivity contribution is 7.99. The molecule has 0 aromatic carbocycles. The van der Waals surface area contributed by atoms with Crippen LogP contribution in [0.5, 0.6) is 0 Å². The third-order valence-electron chi connectivity index (χ3n) is 4.51. The summed E-state index contributed by atoms with van der Waals surface area (Å²) < 4.78 is 0. The molecule has 0 N–H and O–H groups in total. The van der Waals surface area contributed by atoms with Gasteiger partial charge in [-0.2, -0.15) is 11.8 Å². The Labute approximate surface area is 158 Å². The zero-order valence-electron chi connectivity index (χ0n) is 15.9. The SMILES string of the molecule is CCCCCCCCCCCCCCC(CSCCC(=O)[O-])C(=O)[O-]. The van der Waals surface area contributed by atoms with Gasteiger partial charge in [0.1, 0.15) is 0 Å². The van der Waals surface area contributed by atoms with Gasteiger partial charge in [0.15, 0.2) is 0 Å². The third kappa shape index (κ3) is 17.9. The zero-order chi connectivity index (χ0) is 18.8. The number of unbranched alkanes of at least 4 members (excludes halogenated alkanes) is 11. The van der Waals surface area contributed by atoms with Gasteiger partial charge >= 0.3 is 0 Å². The van der Waals surface area contributed by atoms with E-state index in [0.29, 0.717) is 17.9 Å². The molecule has 0 rings (SSSR count). The molecule has 0 aromatic rings. The van der Waals surface area contributed by atoms with Crippen molar-refractivity contribution in [2.24, 2.45) is 5.92 Å². The van der Waals surface area contributed by atoms with Crippen LogP contribution in [0.2, 0.25) is 0 Å². The minimum absolute atomic E-state index is 0.0248. The Bertz CT molecular complexity index is 334. The molecule has 0 aliphatic heterocycles. The second kappa shape index (κ2) is 18.1. The Morgan fingerprint density at radius 3 is 1.72 bits per heavy atom. The summed E-state index contributed by atoms with van der Waals surface area (Å²) in [4.78, 5) is 21.4. The average Bonchev–Trinajstić information content (AvgIpc) is 2.57. The third-order valence-corrected chi connectivity index (χ3v) is 5.64. The zero-order valence-corrected chi connectivity index (χ0v) is 16.7. The minimum atomic E-state index is -1.08. The van der Waals surface area contributed by atoms with Crippen LogP contribution < -0.4 is 10.2 Å². The Balaban J connectivity index is 3.44. The lowest BCUT2D eigenvalue weighted by molar-refractivity contribution is -0.311. The van der Waals surface area contributed by atoms with Gasteiger partial charge < -0.3 is 19.8 Å². The predicted molar refractivity (Wildman–Crippen MR) is 101 cm³/mol. The monoisotopic (exact) mass is 372 g/mol. The smallest absolute Gasteiger partial charge is 0.0453 e. The molecule has 0 radical (unpaired) electrons. The number of carboxylic acid groups (broad SMARTS) is 2. The maximum absolute atomic E-state index is 11.1. The van der Waals surface area contributed by atoms with E-state index in [1.165, 1.54) is 76.0 Å². The molecule has 1 unspecified atom stereocenters. The van der Waals surface area contributed by atoms with Gasteiger partial charge in [-0.25, -0.2) is 0 Å². The van der Waals surface area contributed by atoms with Crippen molar-refractivity contribution in [2.75, 3.05) is 11.5 Å². The lowest BCUT2D eigenvalue weighted by Gasteiger charge is -2.17. The molecule has 25 heavy (non-hydrogen) atoms. The normalized spacial score (nSPS) is 12.2. The maximum atomic E-state index is 11.1. The summed E-state index contributed by atoms with van der Waals surface area (Å²) in [5.41, 5.74) is 0. The molecular weight excluding hydrogens is 336 g/mol. The van der Waals surface area contributed by atoms with Crippen molar-refractivity contribution >= 4 is 23.7 Å². The summed E-state index contributed by atoms with van der Waals surface area (Å²) in [6.07, 6.45) is 15.8. The Hall–Kier alpha value is -0.710. The van der Waals surface area contributed by atoms with Crippen LogP contribution in [0.1, 0.15) is 96.8 Å². The van der Waals surface area contributed by atoms with Crippen LogP contribution in [-0.4, -0.2) is 23.4 Å². The van der Waals surface area contributed by atoms with E-state index in [2.05, 4.69) is 6.92 Å². The van der Waals surface area contributed by atoms with Crippen LogP contribution in [-0.2, 0) is 9.59 Å². The van der Waals surface area contributed by atoms with Crippen molar-refractivity contribution in [1.82, 2.24) is 0 Å². The fourth-order valence-corrected chi connectivity index (χ4v) is 3.95. The van der Waals surface area contributed by atoms with Crippen LogP contribution in [0.3, 0.4) is 0 Å². The van der Waals surface area contributed by atoms with E-state index >= 15 is 0 Å². The first-order valence-corrected chi connectivity index (χ1v) is 11.2. The van der Waals surface area contributed by atoms with Gasteiger partial charge in [-0.15, -0.1) is 0 Å². The standard InChI is InChI=1S/C20H38O4S/c1-2-3-4-5-6-7-8-9-10-11-12-13-14-18(20(23)24)17-25-16-15-19(21)22/h18H,2-17H2,1H3,(H,21,22)(H,23,24)/p-2. The number of thioether (sulfide) groups is 1. The van der Waals surface area contributed by atoms with E-state index in [0.717, 1.165) is 12.8 Å². The molecule has 0 aliphatic rings. The van der Waals surface area contributed by atoms with Crippen molar-refractivity contribution in [3.63, 3.8) is 0 Å². The first-order chi connectivity index (χ1) is 12.1. The highest BCUT2D eigenvalue weighted by atomic mass is 32.2. The van der Waals surface area contributed by atoms with Crippen molar-refractivity contribution < 1.29 is 19.8 Å². The molecule has 148 valence electrons. The molecule has 0 saturated heterocycles. The molecular formula is C20H36O4S-2. The number of hydrogen-bond donors (Lipinski definition) is 0. The highest BCUT2D eigenvalue weighted by Gasteiger charge is 2.09. The van der Waals surface area contributed by atoms with E-state index in [9.17, 15) is 19.8 Å². The van der Waals surface area contributed by atoms with E-state index in [4.69, 9.17) is 0 Å². The summed E-state index contributed by atoms with van der Waals surface area (Å²) >= 11 is 1.36. The topological polar surface area (TPSA) is 80.3 Å². The van der Waals surface area contributed by atoms with Gasteiger partial charge in [0.05, 0.1) is 0 Å². The Morgan fingerprint density at radius 1 is 0.800 bits per heavy atom. The van der Waals surface area contributed by atoms with Crippen molar-refractivity contribution in [1.29, 1.82) is 0 Å². The predicted octanol–water partition coefficient (Wildman–Crippen LogP) is 3.32. The van der Waals surface area contributed by atoms with Crippen LogP contribution in [0.15, 0.2) is 0 Å². The summed E-state index contributed by atoms with van der Waals surface area (Å²) in [6.45, 7) is 2.24. The Kier molecular flexibility index (Phi) is 17.6. The fraction of sp³-hybridized carbons (Fsp3) is 0.900. The van der Waals surface area contributed by atoms with Crippen molar-refractivity contribution in [3.05, 3.63) is 0 Å². The molecule has 0 aliphatic carbocycles. The number of carbonyl (C=O) groups is 2. The van der Waals surface area contributed by atoms with Gasteiger partial charge in [-0.3, -0.25) is 0 Å². The molecule has 5 heteroatoms. The van der Waals surface area contributed by atoms with Crippen molar-refractivity contribution in [3.8, 4) is 0 Å².